The van der Waals surface area contributed by atoms with Gasteiger partial charge in [0.1, 0.15) is 6.10 Å². The SMILES string of the molecule is C#CCNC1C[C@@H](C(O)/C=C/C=C(\C)CC(C)/C=C(C)\C=C\[C@H]2CC=CC(=O)O2)O[C@@H](/C=C/C)[C@H]1C. The van der Waals surface area contributed by atoms with Crippen LogP contribution in [-0.4, -0.2) is 48.1 Å². The lowest BCUT2D eigenvalue weighted by atomic mass is 9.86. The van der Waals surface area contributed by atoms with Crippen LogP contribution in [-0.2, 0) is 14.3 Å². The summed E-state index contributed by atoms with van der Waals surface area (Å²) in [6.07, 6.45) is 25.8. The van der Waals surface area contributed by atoms with E-state index in [9.17, 15) is 9.90 Å². The summed E-state index contributed by atoms with van der Waals surface area (Å²) in [5, 5.41) is 14.2. The van der Waals surface area contributed by atoms with Crippen molar-refractivity contribution in [3.8, 4) is 12.3 Å². The van der Waals surface area contributed by atoms with Crippen LogP contribution in [0.25, 0.3) is 0 Å². The van der Waals surface area contributed by atoms with Crippen molar-refractivity contribution < 1.29 is 19.4 Å². The Hall–Kier alpha value is -2.65. The van der Waals surface area contributed by atoms with Crippen LogP contribution in [0.3, 0.4) is 0 Å². The molecular weight excluding hydrogens is 450 g/mol. The predicted octanol–water partition coefficient (Wildman–Crippen LogP) is 5.21. The van der Waals surface area contributed by atoms with E-state index in [-0.39, 0.29) is 36.2 Å². The lowest BCUT2D eigenvalue weighted by molar-refractivity contribution is -0.141. The average molecular weight is 494 g/mol. The summed E-state index contributed by atoms with van der Waals surface area (Å²) >= 11 is 0. The number of hydrogen-bond acceptors (Lipinski definition) is 5. The van der Waals surface area contributed by atoms with E-state index in [1.165, 1.54) is 11.6 Å². The van der Waals surface area contributed by atoms with Crippen LogP contribution in [0.1, 0.15) is 53.9 Å². The Morgan fingerprint density at radius 2 is 2.14 bits per heavy atom. The lowest BCUT2D eigenvalue weighted by Gasteiger charge is -2.41. The number of aliphatic hydroxyl groups excluding tert-OH is 1. The number of aliphatic hydroxyl groups is 1. The normalized spacial score (nSPS) is 29.6. The largest absolute Gasteiger partial charge is 0.455 e. The van der Waals surface area contributed by atoms with Gasteiger partial charge in [0.25, 0.3) is 0 Å². The zero-order valence-corrected chi connectivity index (χ0v) is 22.4. The molecule has 2 aliphatic rings. The van der Waals surface area contributed by atoms with Crippen LogP contribution in [0.5, 0.6) is 0 Å². The third kappa shape index (κ3) is 10.1. The van der Waals surface area contributed by atoms with Crippen LogP contribution in [0.15, 0.2) is 71.9 Å². The molecule has 3 unspecified atom stereocenters. The van der Waals surface area contributed by atoms with E-state index in [1.807, 2.05) is 49.5 Å². The highest BCUT2D eigenvalue weighted by molar-refractivity contribution is 5.82. The molecule has 0 radical (unpaired) electrons. The number of esters is 1. The highest BCUT2D eigenvalue weighted by atomic mass is 16.5. The quantitative estimate of drug-likeness (QED) is 0.179. The van der Waals surface area contributed by atoms with Crippen LogP contribution in [0.4, 0.5) is 0 Å². The second-order valence-electron chi connectivity index (χ2n) is 9.90. The van der Waals surface area contributed by atoms with Gasteiger partial charge in [0.15, 0.2) is 0 Å². The summed E-state index contributed by atoms with van der Waals surface area (Å²) in [4.78, 5) is 11.3. The van der Waals surface area contributed by atoms with Gasteiger partial charge in [-0.15, -0.1) is 6.42 Å². The molecule has 196 valence electrons. The molecule has 2 heterocycles. The lowest BCUT2D eigenvalue weighted by Crippen LogP contribution is -2.51. The minimum atomic E-state index is -0.696. The van der Waals surface area contributed by atoms with Gasteiger partial charge in [-0.2, -0.15) is 0 Å². The highest BCUT2D eigenvalue weighted by Crippen LogP contribution is 2.28. The molecule has 2 aliphatic heterocycles. The Bertz CT molecular complexity index is 933. The molecule has 5 heteroatoms. The second kappa shape index (κ2) is 15.5. The zero-order chi connectivity index (χ0) is 26.5. The molecule has 0 aliphatic carbocycles. The minimum absolute atomic E-state index is 0.0593. The fourth-order valence-corrected chi connectivity index (χ4v) is 4.67. The first-order valence-electron chi connectivity index (χ1n) is 12.9. The van der Waals surface area contributed by atoms with Gasteiger partial charge in [-0.1, -0.05) is 79.5 Å². The monoisotopic (exact) mass is 493 g/mol. The molecule has 0 aromatic rings. The van der Waals surface area contributed by atoms with Crippen LogP contribution >= 0.6 is 0 Å². The van der Waals surface area contributed by atoms with Gasteiger partial charge in [0.05, 0.1) is 24.9 Å². The van der Waals surface area contributed by atoms with Gasteiger partial charge in [0.2, 0.25) is 0 Å². The topological polar surface area (TPSA) is 67.8 Å². The Morgan fingerprint density at radius 1 is 1.36 bits per heavy atom. The van der Waals surface area contributed by atoms with Crippen LogP contribution < -0.4 is 5.32 Å². The van der Waals surface area contributed by atoms with E-state index in [1.54, 1.807) is 0 Å². The summed E-state index contributed by atoms with van der Waals surface area (Å²) in [7, 11) is 0. The van der Waals surface area contributed by atoms with Gasteiger partial charge in [-0.05, 0) is 45.6 Å². The average Bonchev–Trinajstić information content (AvgIpc) is 2.83. The van der Waals surface area contributed by atoms with E-state index in [4.69, 9.17) is 15.9 Å². The maximum Gasteiger partial charge on any atom is 0.331 e. The van der Waals surface area contributed by atoms with Gasteiger partial charge in [-0.25, -0.2) is 4.79 Å². The number of allylic oxidation sites excluding steroid dienone is 7. The Labute approximate surface area is 217 Å². The van der Waals surface area contributed by atoms with Crippen LogP contribution in [0.2, 0.25) is 0 Å². The highest BCUT2D eigenvalue weighted by Gasteiger charge is 2.36. The predicted molar refractivity (Wildman–Crippen MR) is 147 cm³/mol. The van der Waals surface area contributed by atoms with Crippen molar-refractivity contribution in [3.63, 3.8) is 0 Å². The summed E-state index contributed by atoms with van der Waals surface area (Å²) < 4.78 is 11.5. The van der Waals surface area contributed by atoms with E-state index in [2.05, 4.69) is 51.1 Å². The molecule has 2 N–H and O–H groups in total. The number of hydrogen-bond donors (Lipinski definition) is 2. The van der Waals surface area contributed by atoms with Gasteiger partial charge < -0.3 is 19.9 Å². The molecule has 0 aromatic carbocycles. The molecule has 1 saturated heterocycles. The fraction of sp³-hybridized carbons (Fsp3) is 0.516. The fourth-order valence-electron chi connectivity index (χ4n) is 4.67. The molecule has 0 aromatic heterocycles. The van der Waals surface area contributed by atoms with E-state index < -0.39 is 6.10 Å². The Balaban J connectivity index is 1.90. The second-order valence-corrected chi connectivity index (χ2v) is 9.90. The number of nitrogens with one attached hydrogen (secondary N) is 1. The molecule has 0 amide bonds. The number of terminal acetylenes is 1. The van der Waals surface area contributed by atoms with Gasteiger partial charge >= 0.3 is 5.97 Å². The van der Waals surface area contributed by atoms with Crippen molar-refractivity contribution in [2.45, 2.75) is 84.3 Å². The number of ether oxygens (including phenoxy) is 2. The van der Waals surface area contributed by atoms with Crippen molar-refractivity contribution in [1.29, 1.82) is 0 Å². The number of cyclic esters (lactones) is 1. The first-order chi connectivity index (χ1) is 17.2. The molecule has 2 rings (SSSR count). The molecule has 0 bridgehead atoms. The van der Waals surface area contributed by atoms with Gasteiger partial charge in [-0.3, -0.25) is 0 Å². The first-order valence-corrected chi connectivity index (χ1v) is 12.9. The standard InChI is InChI=1S/C31H43NO4/c1-7-11-29-25(6)27(32-18-8-2)21-30(36-29)28(33)14-9-12-22(3)19-24(5)20-23(4)16-17-26-13-10-15-31(34)35-26/h2,7,9-12,14-17,20,24-30,32-33H,13,18-19,21H2,1,3-6H3/b11-7+,14-9+,17-16+,22-12+,23-20-/t24?,25-,26+,27?,28?,29-,30-/m0/s1. The van der Waals surface area contributed by atoms with E-state index in [0.717, 1.165) is 12.0 Å². The maximum absolute atomic E-state index is 11.3. The molecule has 0 saturated carbocycles. The zero-order valence-electron chi connectivity index (χ0n) is 22.4. The summed E-state index contributed by atoms with van der Waals surface area (Å²) in [5.74, 6) is 2.98. The van der Waals surface area contributed by atoms with Crippen molar-refractivity contribution in [2.24, 2.45) is 11.8 Å². The number of rotatable bonds is 11. The summed E-state index contributed by atoms with van der Waals surface area (Å²) in [6.45, 7) is 11.0. The van der Waals surface area contributed by atoms with E-state index in [0.29, 0.717) is 25.3 Å². The van der Waals surface area contributed by atoms with Gasteiger partial charge in [0, 0.05) is 24.5 Å². The third-order valence-electron chi connectivity index (χ3n) is 6.54. The Morgan fingerprint density at radius 3 is 2.83 bits per heavy atom. The molecule has 36 heavy (non-hydrogen) atoms. The maximum atomic E-state index is 11.3. The smallest absolute Gasteiger partial charge is 0.331 e. The van der Waals surface area contributed by atoms with E-state index >= 15 is 0 Å². The van der Waals surface area contributed by atoms with Crippen molar-refractivity contribution >= 4 is 5.97 Å². The molecular formula is C31H43NO4. The van der Waals surface area contributed by atoms with Crippen molar-refractivity contribution in [3.05, 3.63) is 71.9 Å². The third-order valence-corrected chi connectivity index (χ3v) is 6.54. The van der Waals surface area contributed by atoms with Crippen molar-refractivity contribution in [2.75, 3.05) is 6.54 Å². The Kier molecular flexibility index (Phi) is 12.7. The number of carbonyl (C=O) groups excluding carboxylic acids is 1. The molecule has 5 nitrogen and oxygen atoms in total. The van der Waals surface area contributed by atoms with Crippen LogP contribution in [0, 0.1) is 24.2 Å². The summed E-state index contributed by atoms with van der Waals surface area (Å²) in [6, 6.07) is 0.188. The molecule has 0 spiro atoms. The summed E-state index contributed by atoms with van der Waals surface area (Å²) in [5.41, 5.74) is 2.36. The minimum Gasteiger partial charge on any atom is -0.455 e. The molecule has 7 atom stereocenters. The number of carbonyl (C=O) groups is 1. The first kappa shape index (κ1) is 29.6. The molecule has 1 fully saturated rings. The van der Waals surface area contributed by atoms with Crippen molar-refractivity contribution in [1.82, 2.24) is 5.32 Å².